The van der Waals surface area contributed by atoms with Gasteiger partial charge >= 0.3 is 5.97 Å². The zero-order valence-corrected chi connectivity index (χ0v) is 21.4. The number of hydrogen-bond acceptors (Lipinski definition) is 6. The molecule has 3 rings (SSSR count). The number of H-pyrrole nitrogens is 1. The summed E-state index contributed by atoms with van der Waals surface area (Å²) in [6.45, 7) is 5.35. The van der Waals surface area contributed by atoms with Crippen molar-refractivity contribution in [3.8, 4) is 0 Å². The van der Waals surface area contributed by atoms with Gasteiger partial charge in [0.1, 0.15) is 18.1 Å². The van der Waals surface area contributed by atoms with Gasteiger partial charge in [0.15, 0.2) is 0 Å². The van der Waals surface area contributed by atoms with Crippen molar-refractivity contribution in [1.29, 1.82) is 0 Å². The van der Waals surface area contributed by atoms with E-state index in [0.717, 1.165) is 16.5 Å². The predicted octanol–water partition coefficient (Wildman–Crippen LogP) is 0.510. The molecule has 7 N–H and O–H groups in total. The molecule has 1 saturated heterocycles. The molecule has 0 radical (unpaired) electrons. The van der Waals surface area contributed by atoms with Crippen molar-refractivity contribution < 1.29 is 29.4 Å². The number of benzene rings is 1. The van der Waals surface area contributed by atoms with Crippen LogP contribution >= 0.6 is 0 Å². The molecule has 0 saturated carbocycles. The first kappa shape index (κ1) is 28.1. The highest BCUT2D eigenvalue weighted by molar-refractivity contribution is 5.95. The fourth-order valence-electron chi connectivity index (χ4n) is 4.72. The molecule has 5 atom stereocenters. The Morgan fingerprint density at radius 2 is 1.84 bits per heavy atom. The SMILES string of the molecule is CC(C)CC(NC(=O)C(N)Cc1c[nH]c2ccccc12)C(=O)NC(C(=O)N1CCCC1C(=O)O)C(C)O. The number of aliphatic hydroxyl groups excluding tert-OH is 1. The first-order chi connectivity index (χ1) is 17.5. The smallest absolute Gasteiger partial charge is 0.326 e. The Balaban J connectivity index is 1.69. The largest absolute Gasteiger partial charge is 0.480 e. The molecule has 11 heteroatoms. The number of carboxylic acids is 1. The van der Waals surface area contributed by atoms with Crippen molar-refractivity contribution in [2.45, 2.75) is 76.7 Å². The molecule has 1 aliphatic heterocycles. The van der Waals surface area contributed by atoms with Gasteiger partial charge in [-0.2, -0.15) is 0 Å². The minimum Gasteiger partial charge on any atom is -0.480 e. The third-order valence-corrected chi connectivity index (χ3v) is 6.66. The van der Waals surface area contributed by atoms with Crippen molar-refractivity contribution in [2.24, 2.45) is 11.7 Å². The van der Waals surface area contributed by atoms with E-state index < -0.39 is 54.0 Å². The fourth-order valence-corrected chi connectivity index (χ4v) is 4.72. The number of carboxylic acid groups (broad SMARTS) is 1. The fraction of sp³-hybridized carbons (Fsp3) is 0.538. The van der Waals surface area contributed by atoms with E-state index >= 15 is 0 Å². The molecule has 1 fully saturated rings. The minimum atomic E-state index is -1.35. The maximum Gasteiger partial charge on any atom is 0.326 e. The maximum atomic E-state index is 13.2. The molecule has 1 aromatic heterocycles. The van der Waals surface area contributed by atoms with Gasteiger partial charge in [0, 0.05) is 23.6 Å². The predicted molar refractivity (Wildman–Crippen MR) is 137 cm³/mol. The Kier molecular flexibility index (Phi) is 9.28. The molecule has 202 valence electrons. The summed E-state index contributed by atoms with van der Waals surface area (Å²) in [6.07, 6.45) is 1.89. The molecule has 0 spiro atoms. The monoisotopic (exact) mass is 515 g/mol. The molecule has 11 nitrogen and oxygen atoms in total. The second-order valence-electron chi connectivity index (χ2n) is 10.1. The number of nitrogens with two attached hydrogens (primary N) is 1. The summed E-state index contributed by atoms with van der Waals surface area (Å²) in [5, 5.41) is 25.9. The summed E-state index contributed by atoms with van der Waals surface area (Å²) in [7, 11) is 0. The van der Waals surface area contributed by atoms with Crippen molar-refractivity contribution in [1.82, 2.24) is 20.5 Å². The first-order valence-electron chi connectivity index (χ1n) is 12.6. The van der Waals surface area contributed by atoms with E-state index in [1.807, 2.05) is 38.1 Å². The lowest BCUT2D eigenvalue weighted by atomic mass is 10.0. The molecule has 1 aliphatic rings. The summed E-state index contributed by atoms with van der Waals surface area (Å²) in [6, 6.07) is 3.40. The topological polar surface area (TPSA) is 178 Å². The number of aromatic amines is 1. The highest BCUT2D eigenvalue weighted by Crippen LogP contribution is 2.20. The van der Waals surface area contributed by atoms with Gasteiger partial charge in [-0.15, -0.1) is 0 Å². The summed E-state index contributed by atoms with van der Waals surface area (Å²) >= 11 is 0. The van der Waals surface area contributed by atoms with Crippen LogP contribution in [0.15, 0.2) is 30.5 Å². The van der Waals surface area contributed by atoms with Crippen molar-refractivity contribution >= 4 is 34.6 Å². The number of aliphatic hydroxyl groups is 1. The molecule has 2 heterocycles. The zero-order chi connectivity index (χ0) is 27.3. The quantitative estimate of drug-likeness (QED) is 0.252. The van der Waals surface area contributed by atoms with Gasteiger partial charge in [-0.25, -0.2) is 4.79 Å². The zero-order valence-electron chi connectivity index (χ0n) is 21.4. The third kappa shape index (κ3) is 6.86. The number of nitrogens with zero attached hydrogens (tertiary/aromatic N) is 1. The van der Waals surface area contributed by atoms with E-state index in [0.29, 0.717) is 12.8 Å². The van der Waals surface area contributed by atoms with E-state index in [-0.39, 0.29) is 25.3 Å². The molecule has 5 unspecified atom stereocenters. The van der Waals surface area contributed by atoms with Crippen LogP contribution in [0, 0.1) is 5.92 Å². The van der Waals surface area contributed by atoms with Gasteiger partial charge < -0.3 is 36.5 Å². The Hall–Kier alpha value is -3.44. The van der Waals surface area contributed by atoms with Crippen LogP contribution in [0.5, 0.6) is 0 Å². The van der Waals surface area contributed by atoms with E-state index in [4.69, 9.17) is 5.73 Å². The van der Waals surface area contributed by atoms with E-state index in [9.17, 15) is 29.4 Å². The van der Waals surface area contributed by atoms with Crippen LogP contribution in [-0.4, -0.2) is 80.6 Å². The van der Waals surface area contributed by atoms with Gasteiger partial charge in [0.25, 0.3) is 0 Å². The average Bonchev–Trinajstić information content (AvgIpc) is 3.49. The van der Waals surface area contributed by atoms with Crippen LogP contribution in [-0.2, 0) is 25.6 Å². The van der Waals surface area contributed by atoms with Crippen LogP contribution in [0.4, 0.5) is 0 Å². The first-order valence-corrected chi connectivity index (χ1v) is 12.6. The lowest BCUT2D eigenvalue weighted by Gasteiger charge is -2.30. The van der Waals surface area contributed by atoms with Crippen molar-refractivity contribution in [2.75, 3.05) is 6.54 Å². The second-order valence-corrected chi connectivity index (χ2v) is 10.1. The minimum absolute atomic E-state index is 0.0246. The number of nitrogens with one attached hydrogen (secondary N) is 3. The Labute approximate surface area is 215 Å². The van der Waals surface area contributed by atoms with Crippen LogP contribution in [0.1, 0.15) is 45.6 Å². The maximum absolute atomic E-state index is 13.2. The molecular formula is C26H37N5O6. The Bertz CT molecular complexity index is 1130. The molecule has 1 aromatic carbocycles. The standard InChI is InChI=1S/C26H37N5O6/c1-14(2)11-20(29-23(33)18(27)12-16-13-28-19-8-5-4-7-17(16)19)24(34)30-22(15(3)32)25(35)31-10-6-9-21(31)26(36)37/h4-5,7-8,13-15,18,20-22,28,32H,6,9-12,27H2,1-3H3,(H,29,33)(H,30,34)(H,36,37). The van der Waals surface area contributed by atoms with Gasteiger partial charge in [0.2, 0.25) is 17.7 Å². The number of aromatic nitrogens is 1. The number of amides is 3. The van der Waals surface area contributed by atoms with Crippen LogP contribution < -0.4 is 16.4 Å². The molecule has 0 aliphatic carbocycles. The van der Waals surface area contributed by atoms with E-state index in [1.165, 1.54) is 11.8 Å². The van der Waals surface area contributed by atoms with Crippen LogP contribution in [0.2, 0.25) is 0 Å². The number of likely N-dealkylation sites (tertiary alicyclic amines) is 1. The summed E-state index contributed by atoms with van der Waals surface area (Å²) in [4.78, 5) is 55.1. The summed E-state index contributed by atoms with van der Waals surface area (Å²) in [5.74, 6) is -2.94. The van der Waals surface area contributed by atoms with Gasteiger partial charge in [-0.05, 0) is 50.2 Å². The molecule has 37 heavy (non-hydrogen) atoms. The second kappa shape index (κ2) is 12.2. The number of rotatable bonds is 11. The van der Waals surface area contributed by atoms with E-state index in [1.54, 1.807) is 6.20 Å². The number of aliphatic carboxylic acids is 1. The molecule has 2 aromatic rings. The lowest BCUT2D eigenvalue weighted by Crippen LogP contribution is -2.60. The number of carbonyl (C=O) groups excluding carboxylic acids is 3. The van der Waals surface area contributed by atoms with Crippen LogP contribution in [0.25, 0.3) is 10.9 Å². The van der Waals surface area contributed by atoms with Crippen LogP contribution in [0.3, 0.4) is 0 Å². The summed E-state index contributed by atoms with van der Waals surface area (Å²) < 4.78 is 0. The lowest BCUT2D eigenvalue weighted by molar-refractivity contribution is -0.150. The highest BCUT2D eigenvalue weighted by Gasteiger charge is 2.40. The number of hydrogen-bond donors (Lipinski definition) is 6. The third-order valence-electron chi connectivity index (χ3n) is 6.66. The molecule has 0 bridgehead atoms. The number of carbonyl (C=O) groups is 4. The summed E-state index contributed by atoms with van der Waals surface area (Å²) in [5.41, 5.74) is 7.99. The number of para-hydroxylation sites is 1. The highest BCUT2D eigenvalue weighted by atomic mass is 16.4. The average molecular weight is 516 g/mol. The van der Waals surface area contributed by atoms with Crippen molar-refractivity contribution in [3.63, 3.8) is 0 Å². The normalized spacial score (nSPS) is 18.9. The van der Waals surface area contributed by atoms with E-state index in [2.05, 4.69) is 15.6 Å². The van der Waals surface area contributed by atoms with Gasteiger partial charge in [0.05, 0.1) is 12.1 Å². The number of fused-ring (bicyclic) bond motifs is 1. The van der Waals surface area contributed by atoms with Crippen molar-refractivity contribution in [3.05, 3.63) is 36.0 Å². The molecular weight excluding hydrogens is 478 g/mol. The van der Waals surface area contributed by atoms with Gasteiger partial charge in [-0.1, -0.05) is 32.0 Å². The van der Waals surface area contributed by atoms with Gasteiger partial charge in [-0.3, -0.25) is 14.4 Å². The molecule has 3 amide bonds. The Morgan fingerprint density at radius 1 is 1.14 bits per heavy atom. The Morgan fingerprint density at radius 3 is 2.49 bits per heavy atom.